The van der Waals surface area contributed by atoms with Gasteiger partial charge in [0.1, 0.15) is 0 Å². The van der Waals surface area contributed by atoms with E-state index in [-0.39, 0.29) is 12.3 Å². The van der Waals surface area contributed by atoms with Crippen LogP contribution in [0.3, 0.4) is 0 Å². The molecule has 1 atom stereocenters. The number of benzene rings is 1. The van der Waals surface area contributed by atoms with Gasteiger partial charge in [0.15, 0.2) is 0 Å². The number of aryl methyl sites for hydroxylation is 1. The van der Waals surface area contributed by atoms with Crippen LogP contribution in [0.1, 0.15) is 43.3 Å². The van der Waals surface area contributed by atoms with Crippen molar-refractivity contribution in [3.05, 3.63) is 46.8 Å². The number of carboxylic acid groups (broad SMARTS) is 1. The molecule has 0 fully saturated rings. The fourth-order valence-electron chi connectivity index (χ4n) is 3.04. The van der Waals surface area contributed by atoms with Crippen molar-refractivity contribution in [2.24, 2.45) is 11.8 Å². The van der Waals surface area contributed by atoms with Crippen molar-refractivity contribution in [3.63, 3.8) is 0 Å². The standard InChI is InChI=1S/C21H29N3O3/c1-13(2)12-24-16(5)19(15(4)23-24)11-20(25)22-18-8-6-17(7-9-18)10-14(3)21(26)27/h6-9,13-14H,10-12H2,1-5H3,(H,22,25)(H,26,27). The number of anilines is 1. The lowest BCUT2D eigenvalue weighted by atomic mass is 10.0. The van der Waals surface area contributed by atoms with E-state index in [1.807, 2.05) is 42.8 Å². The molecule has 0 spiro atoms. The molecule has 6 nitrogen and oxygen atoms in total. The Kier molecular flexibility index (Phi) is 6.77. The topological polar surface area (TPSA) is 84.2 Å². The van der Waals surface area contributed by atoms with Gasteiger partial charge in [0.2, 0.25) is 5.91 Å². The average Bonchev–Trinajstić information content (AvgIpc) is 2.83. The van der Waals surface area contributed by atoms with Crippen molar-refractivity contribution >= 4 is 17.6 Å². The molecule has 1 heterocycles. The van der Waals surface area contributed by atoms with Gasteiger partial charge in [-0.25, -0.2) is 0 Å². The van der Waals surface area contributed by atoms with Crippen LogP contribution >= 0.6 is 0 Å². The Morgan fingerprint density at radius 3 is 2.33 bits per heavy atom. The van der Waals surface area contributed by atoms with Gasteiger partial charge in [0.05, 0.1) is 18.0 Å². The molecule has 1 aromatic heterocycles. The number of hydrogen-bond donors (Lipinski definition) is 2. The Balaban J connectivity index is 2.00. The number of rotatable bonds is 8. The minimum absolute atomic E-state index is 0.0862. The van der Waals surface area contributed by atoms with Gasteiger partial charge in [-0.3, -0.25) is 14.3 Å². The predicted octanol–water partition coefficient (Wildman–Crippen LogP) is 3.60. The van der Waals surface area contributed by atoms with Crippen LogP contribution in [0.4, 0.5) is 5.69 Å². The Morgan fingerprint density at radius 2 is 1.78 bits per heavy atom. The molecular formula is C21H29N3O3. The Hall–Kier alpha value is -2.63. The maximum Gasteiger partial charge on any atom is 0.306 e. The molecule has 1 amide bonds. The van der Waals surface area contributed by atoms with E-state index in [1.54, 1.807) is 6.92 Å². The van der Waals surface area contributed by atoms with Crippen molar-refractivity contribution in [2.45, 2.75) is 54.0 Å². The second-order valence-corrected chi connectivity index (χ2v) is 7.59. The van der Waals surface area contributed by atoms with Gasteiger partial charge in [-0.2, -0.15) is 5.10 Å². The highest BCUT2D eigenvalue weighted by atomic mass is 16.4. The van der Waals surface area contributed by atoms with Crippen LogP contribution in [-0.4, -0.2) is 26.8 Å². The van der Waals surface area contributed by atoms with Gasteiger partial charge in [0.25, 0.3) is 0 Å². The van der Waals surface area contributed by atoms with E-state index in [1.165, 1.54) is 0 Å². The van der Waals surface area contributed by atoms with Gasteiger partial charge in [0, 0.05) is 23.5 Å². The van der Waals surface area contributed by atoms with E-state index in [0.29, 0.717) is 18.0 Å². The number of amides is 1. The summed E-state index contributed by atoms with van der Waals surface area (Å²) >= 11 is 0. The Labute approximate surface area is 160 Å². The second-order valence-electron chi connectivity index (χ2n) is 7.59. The van der Waals surface area contributed by atoms with E-state index >= 15 is 0 Å². The van der Waals surface area contributed by atoms with E-state index in [0.717, 1.165) is 29.1 Å². The number of aliphatic carboxylic acids is 1. The zero-order valence-electron chi connectivity index (χ0n) is 16.7. The predicted molar refractivity (Wildman–Crippen MR) is 106 cm³/mol. The summed E-state index contributed by atoms with van der Waals surface area (Å²) in [6.07, 6.45) is 0.755. The summed E-state index contributed by atoms with van der Waals surface area (Å²) in [4.78, 5) is 23.4. The summed E-state index contributed by atoms with van der Waals surface area (Å²) in [6.45, 7) is 10.7. The Bertz CT molecular complexity index is 807. The van der Waals surface area contributed by atoms with Crippen molar-refractivity contribution in [3.8, 4) is 0 Å². The number of hydrogen-bond acceptors (Lipinski definition) is 3. The molecular weight excluding hydrogens is 342 g/mol. The van der Waals surface area contributed by atoms with Crippen LogP contribution in [0.15, 0.2) is 24.3 Å². The number of carbonyl (C=O) groups is 2. The first-order valence-corrected chi connectivity index (χ1v) is 9.31. The smallest absolute Gasteiger partial charge is 0.306 e. The fourth-order valence-corrected chi connectivity index (χ4v) is 3.04. The molecule has 0 saturated carbocycles. The Morgan fingerprint density at radius 1 is 1.15 bits per heavy atom. The highest BCUT2D eigenvalue weighted by molar-refractivity contribution is 5.92. The summed E-state index contributed by atoms with van der Waals surface area (Å²) < 4.78 is 1.97. The zero-order chi connectivity index (χ0) is 20.1. The molecule has 27 heavy (non-hydrogen) atoms. The molecule has 0 saturated heterocycles. The second kappa shape index (κ2) is 8.84. The van der Waals surface area contributed by atoms with E-state index in [2.05, 4.69) is 24.3 Å². The molecule has 0 bridgehead atoms. The number of nitrogens with zero attached hydrogens (tertiary/aromatic N) is 2. The summed E-state index contributed by atoms with van der Waals surface area (Å²) in [5.74, 6) is -0.834. The summed E-state index contributed by atoms with van der Waals surface area (Å²) in [5, 5.41) is 16.4. The van der Waals surface area contributed by atoms with Gasteiger partial charge in [-0.05, 0) is 43.9 Å². The minimum atomic E-state index is -0.809. The van der Waals surface area contributed by atoms with E-state index < -0.39 is 11.9 Å². The molecule has 0 radical (unpaired) electrons. The van der Waals surface area contributed by atoms with Crippen LogP contribution in [-0.2, 0) is 29.0 Å². The highest BCUT2D eigenvalue weighted by Crippen LogP contribution is 2.17. The SMILES string of the molecule is Cc1nn(CC(C)C)c(C)c1CC(=O)Nc1ccc(CC(C)C(=O)O)cc1. The van der Waals surface area contributed by atoms with Crippen molar-refractivity contribution in [1.29, 1.82) is 0 Å². The lowest BCUT2D eigenvalue weighted by Gasteiger charge is -2.10. The average molecular weight is 371 g/mol. The molecule has 2 N–H and O–H groups in total. The molecule has 1 unspecified atom stereocenters. The molecule has 146 valence electrons. The molecule has 0 aliphatic heterocycles. The van der Waals surface area contributed by atoms with Gasteiger partial charge >= 0.3 is 5.97 Å². The van der Waals surface area contributed by atoms with Crippen LogP contribution in [0.2, 0.25) is 0 Å². The van der Waals surface area contributed by atoms with Crippen LogP contribution in [0.25, 0.3) is 0 Å². The molecule has 1 aromatic carbocycles. The zero-order valence-corrected chi connectivity index (χ0v) is 16.7. The first kappa shape index (κ1) is 20.7. The molecule has 2 aromatic rings. The number of nitrogens with one attached hydrogen (secondary N) is 1. The van der Waals surface area contributed by atoms with E-state index in [4.69, 9.17) is 5.11 Å². The fraction of sp³-hybridized carbons (Fsp3) is 0.476. The van der Waals surface area contributed by atoms with Crippen molar-refractivity contribution < 1.29 is 14.7 Å². The largest absolute Gasteiger partial charge is 0.481 e. The van der Waals surface area contributed by atoms with Crippen LogP contribution < -0.4 is 5.32 Å². The summed E-state index contributed by atoms with van der Waals surface area (Å²) in [5.41, 5.74) is 4.54. The van der Waals surface area contributed by atoms with E-state index in [9.17, 15) is 9.59 Å². The quantitative estimate of drug-likeness (QED) is 0.742. The molecule has 0 aliphatic carbocycles. The number of aromatic nitrogens is 2. The normalized spacial score (nSPS) is 12.2. The highest BCUT2D eigenvalue weighted by Gasteiger charge is 2.16. The third kappa shape index (κ3) is 5.67. The van der Waals surface area contributed by atoms with Crippen molar-refractivity contribution in [1.82, 2.24) is 9.78 Å². The maximum absolute atomic E-state index is 12.4. The summed E-state index contributed by atoms with van der Waals surface area (Å²) in [6, 6.07) is 7.33. The lowest BCUT2D eigenvalue weighted by Crippen LogP contribution is -2.16. The maximum atomic E-state index is 12.4. The van der Waals surface area contributed by atoms with Crippen LogP contribution in [0.5, 0.6) is 0 Å². The van der Waals surface area contributed by atoms with Crippen molar-refractivity contribution in [2.75, 3.05) is 5.32 Å². The van der Waals surface area contributed by atoms with Gasteiger partial charge < -0.3 is 10.4 Å². The third-order valence-electron chi connectivity index (χ3n) is 4.61. The van der Waals surface area contributed by atoms with Gasteiger partial charge in [-0.15, -0.1) is 0 Å². The molecule has 0 aliphatic rings. The lowest BCUT2D eigenvalue weighted by molar-refractivity contribution is -0.141. The number of carboxylic acids is 1. The van der Waals surface area contributed by atoms with Gasteiger partial charge in [-0.1, -0.05) is 32.9 Å². The first-order valence-electron chi connectivity index (χ1n) is 9.31. The first-order chi connectivity index (χ1) is 12.7. The number of carbonyl (C=O) groups excluding carboxylic acids is 1. The summed E-state index contributed by atoms with van der Waals surface area (Å²) in [7, 11) is 0. The monoisotopic (exact) mass is 371 g/mol. The molecule has 6 heteroatoms. The minimum Gasteiger partial charge on any atom is -0.481 e. The van der Waals surface area contributed by atoms with Crippen LogP contribution in [0, 0.1) is 25.7 Å². The third-order valence-corrected chi connectivity index (χ3v) is 4.61. The molecule has 2 rings (SSSR count).